The Bertz CT molecular complexity index is 701. The lowest BCUT2D eigenvalue weighted by Gasteiger charge is -2.04. The first-order chi connectivity index (χ1) is 9.26. The fraction of sp³-hybridized carbons (Fsp3) is 0.333. The molecule has 0 aliphatic heterocycles. The third-order valence-electron chi connectivity index (χ3n) is 2.80. The van der Waals surface area contributed by atoms with Crippen LogP contribution in [0.3, 0.4) is 0 Å². The predicted molar refractivity (Wildman–Crippen MR) is 67.8 cm³/mol. The molecule has 19 heavy (non-hydrogen) atoms. The van der Waals surface area contributed by atoms with Gasteiger partial charge in [0.05, 0.1) is 30.8 Å². The van der Waals surface area contributed by atoms with Gasteiger partial charge in [0, 0.05) is 6.07 Å². The minimum atomic E-state index is 0.375. The van der Waals surface area contributed by atoms with Crippen LogP contribution in [-0.4, -0.2) is 29.6 Å². The van der Waals surface area contributed by atoms with Crippen LogP contribution in [0.5, 0.6) is 5.75 Å². The van der Waals surface area contributed by atoms with Crippen LogP contribution in [0.1, 0.15) is 18.3 Å². The molecule has 3 aromatic rings. The zero-order valence-electron chi connectivity index (χ0n) is 10.8. The van der Waals surface area contributed by atoms with Crippen LogP contribution in [0.2, 0.25) is 0 Å². The highest BCUT2D eigenvalue weighted by atomic mass is 16.5. The Balaban J connectivity index is 1.75. The van der Waals surface area contributed by atoms with Gasteiger partial charge in [-0.15, -0.1) is 0 Å². The van der Waals surface area contributed by atoms with Crippen molar-refractivity contribution in [1.29, 1.82) is 0 Å². The van der Waals surface area contributed by atoms with Gasteiger partial charge in [-0.2, -0.15) is 20.1 Å². The molecule has 0 fully saturated rings. The van der Waals surface area contributed by atoms with Crippen molar-refractivity contribution < 1.29 is 4.74 Å². The van der Waals surface area contributed by atoms with E-state index in [9.17, 15) is 0 Å². The molecule has 3 heterocycles. The van der Waals surface area contributed by atoms with Gasteiger partial charge in [0.1, 0.15) is 12.3 Å². The quantitative estimate of drug-likeness (QED) is 0.704. The van der Waals surface area contributed by atoms with Crippen molar-refractivity contribution in [3.63, 3.8) is 0 Å². The molecule has 3 rings (SSSR count). The smallest absolute Gasteiger partial charge is 0.156 e. The van der Waals surface area contributed by atoms with Crippen LogP contribution < -0.4 is 4.74 Å². The van der Waals surface area contributed by atoms with Gasteiger partial charge in [-0.3, -0.25) is 0 Å². The molecule has 0 aliphatic rings. The summed E-state index contributed by atoms with van der Waals surface area (Å²) in [6, 6.07) is 1.83. The maximum atomic E-state index is 5.67. The highest BCUT2D eigenvalue weighted by Gasteiger charge is 2.07. The van der Waals surface area contributed by atoms with Crippen LogP contribution in [0.4, 0.5) is 0 Å². The Morgan fingerprint density at radius 1 is 1.32 bits per heavy atom. The van der Waals surface area contributed by atoms with Crippen molar-refractivity contribution >= 4 is 5.65 Å². The summed E-state index contributed by atoms with van der Waals surface area (Å²) in [7, 11) is 0. The minimum Gasteiger partial charge on any atom is -0.484 e. The number of ether oxygens (including phenoxy) is 1. The molecule has 3 aromatic heterocycles. The highest BCUT2D eigenvalue weighted by molar-refractivity contribution is 5.37. The lowest BCUT2D eigenvalue weighted by molar-refractivity contribution is 0.295. The van der Waals surface area contributed by atoms with Crippen molar-refractivity contribution in [2.75, 3.05) is 0 Å². The fourth-order valence-corrected chi connectivity index (χ4v) is 1.76. The summed E-state index contributed by atoms with van der Waals surface area (Å²) < 4.78 is 7.34. The van der Waals surface area contributed by atoms with Crippen molar-refractivity contribution in [2.45, 2.75) is 27.0 Å². The number of hydrogen-bond acceptors (Lipinski definition) is 5. The van der Waals surface area contributed by atoms with E-state index in [0.29, 0.717) is 12.4 Å². The lowest BCUT2D eigenvalue weighted by atomic mass is 10.4. The number of hydrogen-bond donors (Lipinski definition) is 0. The monoisotopic (exact) mass is 258 g/mol. The zero-order valence-corrected chi connectivity index (χ0v) is 10.8. The summed E-state index contributed by atoms with van der Waals surface area (Å²) in [4.78, 5) is 5.89. The topological polar surface area (TPSA) is 70.1 Å². The predicted octanol–water partition coefficient (Wildman–Crippen LogP) is 1.23. The lowest BCUT2D eigenvalue weighted by Crippen LogP contribution is -2.02. The Morgan fingerprint density at radius 3 is 3.00 bits per heavy atom. The largest absolute Gasteiger partial charge is 0.484 e. The molecule has 0 atom stereocenters. The van der Waals surface area contributed by atoms with Crippen LogP contribution in [0.25, 0.3) is 5.65 Å². The molecule has 7 nitrogen and oxygen atoms in total. The molecule has 0 N–H and O–H groups in total. The van der Waals surface area contributed by atoms with E-state index in [4.69, 9.17) is 4.74 Å². The molecule has 0 radical (unpaired) electrons. The number of nitrogens with zero attached hydrogens (tertiary/aromatic N) is 6. The summed E-state index contributed by atoms with van der Waals surface area (Å²) in [5.41, 5.74) is 2.51. The van der Waals surface area contributed by atoms with E-state index in [1.165, 1.54) is 0 Å². The average Bonchev–Trinajstić information content (AvgIpc) is 3.02. The summed E-state index contributed by atoms with van der Waals surface area (Å²) in [5.74, 6) is 0.654. The van der Waals surface area contributed by atoms with Gasteiger partial charge in [-0.05, 0) is 13.8 Å². The molecule has 0 amide bonds. The van der Waals surface area contributed by atoms with E-state index >= 15 is 0 Å². The summed E-state index contributed by atoms with van der Waals surface area (Å²) >= 11 is 0. The molecular formula is C12H14N6O. The Labute approximate surface area is 109 Å². The normalized spacial score (nSPS) is 11.1. The maximum absolute atomic E-state index is 5.67. The molecule has 0 saturated carbocycles. The van der Waals surface area contributed by atoms with Crippen LogP contribution in [-0.2, 0) is 13.2 Å². The van der Waals surface area contributed by atoms with Crippen molar-refractivity contribution in [3.05, 3.63) is 36.0 Å². The van der Waals surface area contributed by atoms with E-state index in [-0.39, 0.29) is 0 Å². The summed E-state index contributed by atoms with van der Waals surface area (Å²) in [6.07, 6.45) is 5.17. The van der Waals surface area contributed by atoms with Crippen molar-refractivity contribution in [1.82, 2.24) is 29.6 Å². The van der Waals surface area contributed by atoms with E-state index in [0.717, 1.165) is 23.6 Å². The molecule has 98 valence electrons. The van der Waals surface area contributed by atoms with Gasteiger partial charge in [0.15, 0.2) is 11.4 Å². The Morgan fingerprint density at radius 2 is 2.21 bits per heavy atom. The number of rotatable bonds is 4. The maximum Gasteiger partial charge on any atom is 0.156 e. The molecule has 0 saturated heterocycles. The van der Waals surface area contributed by atoms with E-state index in [1.807, 2.05) is 19.9 Å². The van der Waals surface area contributed by atoms with Gasteiger partial charge in [-0.25, -0.2) is 9.50 Å². The first-order valence-corrected chi connectivity index (χ1v) is 6.09. The van der Waals surface area contributed by atoms with E-state index in [1.54, 1.807) is 27.9 Å². The van der Waals surface area contributed by atoms with Crippen LogP contribution >= 0.6 is 0 Å². The molecule has 7 heteroatoms. The van der Waals surface area contributed by atoms with Gasteiger partial charge >= 0.3 is 0 Å². The Kier molecular flexibility index (Phi) is 2.86. The second-order valence-corrected chi connectivity index (χ2v) is 4.13. The zero-order chi connectivity index (χ0) is 13.2. The van der Waals surface area contributed by atoms with Gasteiger partial charge in [-0.1, -0.05) is 0 Å². The molecule has 0 aromatic carbocycles. The molecule has 0 bridgehead atoms. The number of fused-ring (bicyclic) bond motifs is 1. The minimum absolute atomic E-state index is 0.375. The average molecular weight is 258 g/mol. The second kappa shape index (κ2) is 4.68. The van der Waals surface area contributed by atoms with Gasteiger partial charge < -0.3 is 4.74 Å². The third kappa shape index (κ3) is 2.26. The van der Waals surface area contributed by atoms with E-state index < -0.39 is 0 Å². The van der Waals surface area contributed by atoms with Crippen molar-refractivity contribution in [2.24, 2.45) is 0 Å². The first kappa shape index (κ1) is 11.6. The van der Waals surface area contributed by atoms with Gasteiger partial charge in [0.25, 0.3) is 0 Å². The molecule has 0 spiro atoms. The number of aromatic nitrogens is 6. The summed E-state index contributed by atoms with van der Waals surface area (Å²) in [5, 5.41) is 12.7. The molecule has 0 unspecified atom stereocenters. The SMILES string of the molecule is CCn1nc(C)c(COc2cnc3ccnn3c2)n1. The van der Waals surface area contributed by atoms with Crippen LogP contribution in [0.15, 0.2) is 24.7 Å². The first-order valence-electron chi connectivity index (χ1n) is 6.09. The molecular weight excluding hydrogens is 244 g/mol. The van der Waals surface area contributed by atoms with Crippen molar-refractivity contribution in [3.8, 4) is 5.75 Å². The summed E-state index contributed by atoms with van der Waals surface area (Å²) in [6.45, 7) is 5.05. The Hall–Kier alpha value is -2.44. The third-order valence-corrected chi connectivity index (χ3v) is 2.80. The standard InChI is InChI=1S/C12H14N6O/c1-3-18-15-9(2)11(16-18)8-19-10-6-13-12-4-5-14-17(12)7-10/h4-7H,3,8H2,1-2H3. The fourth-order valence-electron chi connectivity index (χ4n) is 1.76. The van der Waals surface area contributed by atoms with E-state index in [2.05, 4.69) is 20.3 Å². The van der Waals surface area contributed by atoms with Gasteiger partial charge in [0.2, 0.25) is 0 Å². The second-order valence-electron chi connectivity index (χ2n) is 4.13. The van der Waals surface area contributed by atoms with Crippen LogP contribution in [0, 0.1) is 6.92 Å². The highest BCUT2D eigenvalue weighted by Crippen LogP contribution is 2.12. The molecule has 0 aliphatic carbocycles. The number of aryl methyl sites for hydroxylation is 2.